The standard InChI is InChI=1S/C21H21ClN2O6S/c22-13-8-11(9-14-18(13)29-7-3-6-28-14)21(27)30-10-16(25)24-20-17(19(23)26)12-4-1-2-5-15(12)31-20/h8-9H,1-7,10H2,(H2,23,26)(H,24,25). The van der Waals surface area contributed by atoms with Crippen molar-refractivity contribution in [2.45, 2.75) is 32.1 Å². The highest BCUT2D eigenvalue weighted by atomic mass is 35.5. The molecule has 1 aliphatic carbocycles. The van der Waals surface area contributed by atoms with E-state index in [-0.39, 0.29) is 10.6 Å². The van der Waals surface area contributed by atoms with Crippen molar-refractivity contribution < 1.29 is 28.6 Å². The summed E-state index contributed by atoms with van der Waals surface area (Å²) in [6, 6.07) is 2.89. The Kier molecular flexibility index (Phi) is 6.33. The molecule has 2 heterocycles. The Hall–Kier alpha value is -2.78. The maximum Gasteiger partial charge on any atom is 0.338 e. The molecule has 0 saturated heterocycles. The molecule has 2 amide bonds. The summed E-state index contributed by atoms with van der Waals surface area (Å²) in [6.45, 7) is 0.388. The number of aryl methyl sites for hydroxylation is 1. The number of thiophene rings is 1. The van der Waals surface area contributed by atoms with E-state index < -0.39 is 24.4 Å². The van der Waals surface area contributed by atoms with Crippen LogP contribution < -0.4 is 20.5 Å². The Bertz CT molecular complexity index is 1050. The zero-order valence-corrected chi connectivity index (χ0v) is 18.2. The highest BCUT2D eigenvalue weighted by molar-refractivity contribution is 7.17. The molecule has 0 fully saturated rings. The van der Waals surface area contributed by atoms with Crippen molar-refractivity contribution in [1.82, 2.24) is 0 Å². The van der Waals surface area contributed by atoms with Crippen molar-refractivity contribution in [2.75, 3.05) is 25.1 Å². The molecule has 164 valence electrons. The number of amides is 2. The first-order valence-electron chi connectivity index (χ1n) is 9.94. The van der Waals surface area contributed by atoms with Crippen LogP contribution in [0, 0.1) is 0 Å². The molecule has 0 bridgehead atoms. The molecule has 31 heavy (non-hydrogen) atoms. The third kappa shape index (κ3) is 4.62. The van der Waals surface area contributed by atoms with Crippen molar-refractivity contribution in [3.05, 3.63) is 38.7 Å². The number of esters is 1. The van der Waals surface area contributed by atoms with E-state index in [9.17, 15) is 14.4 Å². The molecule has 10 heteroatoms. The molecule has 1 aliphatic heterocycles. The van der Waals surface area contributed by atoms with Crippen LogP contribution in [0.3, 0.4) is 0 Å². The molecule has 2 aromatic rings. The average Bonchev–Trinajstić information content (AvgIpc) is 2.92. The smallest absolute Gasteiger partial charge is 0.338 e. The first kappa shape index (κ1) is 21.5. The Balaban J connectivity index is 1.42. The minimum Gasteiger partial charge on any atom is -0.489 e. The highest BCUT2D eigenvalue weighted by Crippen LogP contribution is 2.39. The van der Waals surface area contributed by atoms with Crippen LogP contribution in [0.1, 0.15) is 50.4 Å². The van der Waals surface area contributed by atoms with Crippen molar-refractivity contribution in [1.29, 1.82) is 0 Å². The van der Waals surface area contributed by atoms with Gasteiger partial charge >= 0.3 is 5.97 Å². The number of hydrogen-bond acceptors (Lipinski definition) is 7. The van der Waals surface area contributed by atoms with Crippen LogP contribution in [0.15, 0.2) is 12.1 Å². The van der Waals surface area contributed by atoms with Crippen LogP contribution in [0.4, 0.5) is 5.00 Å². The van der Waals surface area contributed by atoms with E-state index >= 15 is 0 Å². The third-order valence-electron chi connectivity index (χ3n) is 5.04. The van der Waals surface area contributed by atoms with Gasteiger partial charge in [-0.3, -0.25) is 9.59 Å². The van der Waals surface area contributed by atoms with Crippen LogP contribution >= 0.6 is 22.9 Å². The number of hydrogen-bond donors (Lipinski definition) is 2. The van der Waals surface area contributed by atoms with Crippen LogP contribution in [-0.4, -0.2) is 37.6 Å². The third-order valence-corrected chi connectivity index (χ3v) is 6.53. The summed E-state index contributed by atoms with van der Waals surface area (Å²) in [6.07, 6.45) is 4.34. The molecule has 0 radical (unpaired) electrons. The molecule has 0 spiro atoms. The summed E-state index contributed by atoms with van der Waals surface area (Å²) >= 11 is 7.54. The molecule has 0 unspecified atom stereocenters. The molecule has 4 rings (SSSR count). The summed E-state index contributed by atoms with van der Waals surface area (Å²) in [7, 11) is 0. The van der Waals surface area contributed by atoms with Gasteiger partial charge in [-0.2, -0.15) is 0 Å². The summed E-state index contributed by atoms with van der Waals surface area (Å²) in [5.74, 6) is -1.12. The SMILES string of the molecule is NC(=O)c1c(NC(=O)COC(=O)c2cc(Cl)c3c(c2)OCCCO3)sc2c1CCCC2. The van der Waals surface area contributed by atoms with Gasteiger partial charge in [0.2, 0.25) is 0 Å². The molecule has 1 aromatic carbocycles. The van der Waals surface area contributed by atoms with Gasteiger partial charge in [0.05, 0.1) is 29.4 Å². The summed E-state index contributed by atoms with van der Waals surface area (Å²) in [5.41, 5.74) is 6.95. The van der Waals surface area contributed by atoms with Crippen LogP contribution in [0.25, 0.3) is 0 Å². The van der Waals surface area contributed by atoms with Gasteiger partial charge in [-0.05, 0) is 43.4 Å². The highest BCUT2D eigenvalue weighted by Gasteiger charge is 2.25. The van der Waals surface area contributed by atoms with Crippen LogP contribution in [0.5, 0.6) is 11.5 Å². The van der Waals surface area contributed by atoms with E-state index in [4.69, 9.17) is 31.5 Å². The Morgan fingerprint density at radius 3 is 2.71 bits per heavy atom. The van der Waals surface area contributed by atoms with Crippen LogP contribution in [0.2, 0.25) is 5.02 Å². The first-order chi connectivity index (χ1) is 14.9. The predicted octanol–water partition coefficient (Wildman–Crippen LogP) is 3.34. The quantitative estimate of drug-likeness (QED) is 0.655. The topological polar surface area (TPSA) is 117 Å². The Labute approximate surface area is 187 Å². The number of ether oxygens (including phenoxy) is 3. The second-order valence-electron chi connectivity index (χ2n) is 7.24. The second-order valence-corrected chi connectivity index (χ2v) is 8.75. The maximum atomic E-state index is 12.4. The van der Waals surface area contributed by atoms with Gasteiger partial charge in [0, 0.05) is 11.3 Å². The predicted molar refractivity (Wildman–Crippen MR) is 115 cm³/mol. The fourth-order valence-corrected chi connectivity index (χ4v) is 5.22. The van der Waals surface area contributed by atoms with E-state index in [0.29, 0.717) is 41.7 Å². The molecule has 2 aliphatic rings. The number of primary amides is 1. The molecular formula is C21H21ClN2O6S. The monoisotopic (exact) mass is 464 g/mol. The maximum absolute atomic E-state index is 12.4. The van der Waals surface area contributed by atoms with Gasteiger partial charge in [-0.1, -0.05) is 11.6 Å². The normalized spacial score (nSPS) is 14.9. The van der Waals surface area contributed by atoms with Crippen LogP contribution in [-0.2, 0) is 22.4 Å². The summed E-state index contributed by atoms with van der Waals surface area (Å²) in [4.78, 5) is 37.8. The second kappa shape index (κ2) is 9.15. The first-order valence-corrected chi connectivity index (χ1v) is 11.1. The molecular weight excluding hydrogens is 444 g/mol. The minimum atomic E-state index is -0.728. The number of rotatable bonds is 5. The van der Waals surface area contributed by atoms with Crippen molar-refractivity contribution in [2.24, 2.45) is 5.73 Å². The number of nitrogens with one attached hydrogen (secondary N) is 1. The van der Waals surface area contributed by atoms with E-state index in [0.717, 1.165) is 36.1 Å². The lowest BCUT2D eigenvalue weighted by Gasteiger charge is -2.12. The minimum absolute atomic E-state index is 0.145. The number of benzene rings is 1. The zero-order valence-electron chi connectivity index (χ0n) is 16.6. The summed E-state index contributed by atoms with van der Waals surface area (Å²) in [5, 5.41) is 3.29. The number of anilines is 1. The Morgan fingerprint density at radius 1 is 1.13 bits per heavy atom. The zero-order chi connectivity index (χ0) is 22.0. The number of fused-ring (bicyclic) bond motifs is 2. The van der Waals surface area contributed by atoms with Crippen molar-refractivity contribution in [3.8, 4) is 11.5 Å². The lowest BCUT2D eigenvalue weighted by molar-refractivity contribution is -0.119. The Morgan fingerprint density at radius 2 is 1.90 bits per heavy atom. The number of halogens is 1. The molecule has 3 N–H and O–H groups in total. The van der Waals surface area contributed by atoms with Crippen molar-refractivity contribution >= 4 is 45.7 Å². The number of carbonyl (C=O) groups is 3. The van der Waals surface area contributed by atoms with Gasteiger partial charge in [0.15, 0.2) is 18.1 Å². The summed E-state index contributed by atoms with van der Waals surface area (Å²) < 4.78 is 16.2. The number of nitrogens with two attached hydrogens (primary N) is 1. The molecule has 0 saturated carbocycles. The van der Waals surface area contributed by atoms with E-state index in [1.807, 2.05) is 0 Å². The fourth-order valence-electron chi connectivity index (χ4n) is 3.64. The van der Waals surface area contributed by atoms with Gasteiger partial charge < -0.3 is 25.3 Å². The molecule has 1 aromatic heterocycles. The average molecular weight is 465 g/mol. The van der Waals surface area contributed by atoms with Crippen molar-refractivity contribution in [3.63, 3.8) is 0 Å². The largest absolute Gasteiger partial charge is 0.489 e. The lowest BCUT2D eigenvalue weighted by Crippen LogP contribution is -2.23. The lowest BCUT2D eigenvalue weighted by atomic mass is 9.95. The molecule has 0 atom stereocenters. The van der Waals surface area contributed by atoms with E-state index in [1.54, 1.807) is 0 Å². The fraction of sp³-hybridized carbons (Fsp3) is 0.381. The van der Waals surface area contributed by atoms with Gasteiger partial charge in [0.25, 0.3) is 11.8 Å². The number of carbonyl (C=O) groups excluding carboxylic acids is 3. The van der Waals surface area contributed by atoms with Gasteiger partial charge in [-0.15, -0.1) is 11.3 Å². The van der Waals surface area contributed by atoms with Gasteiger partial charge in [0.1, 0.15) is 5.00 Å². The van der Waals surface area contributed by atoms with Gasteiger partial charge in [-0.25, -0.2) is 4.79 Å². The van der Waals surface area contributed by atoms with E-state index in [1.165, 1.54) is 23.5 Å². The molecule has 8 nitrogen and oxygen atoms in total. The van der Waals surface area contributed by atoms with E-state index in [2.05, 4.69) is 5.32 Å².